The second-order valence-corrected chi connectivity index (χ2v) is 4.33. The van der Waals surface area contributed by atoms with E-state index < -0.39 is 12.9 Å². The fraction of sp³-hybridized carbons (Fsp3) is 0.500. The molecule has 0 radical (unpaired) electrons. The molecule has 0 amide bonds. The quantitative estimate of drug-likeness (QED) is 0.749. The van der Waals surface area contributed by atoms with Crippen LogP contribution in [0.5, 0.6) is 5.75 Å². The fourth-order valence-electron chi connectivity index (χ4n) is 1.99. The van der Waals surface area contributed by atoms with Crippen molar-refractivity contribution in [3.63, 3.8) is 0 Å². The van der Waals surface area contributed by atoms with Gasteiger partial charge in [0.2, 0.25) is 0 Å². The first kappa shape index (κ1) is 13.3. The third-order valence-corrected chi connectivity index (χ3v) is 2.98. The molecule has 1 heterocycles. The van der Waals surface area contributed by atoms with Crippen LogP contribution >= 0.6 is 0 Å². The summed E-state index contributed by atoms with van der Waals surface area (Å²) < 4.78 is 24.2. The minimum absolute atomic E-state index is 0.151. The number of hydrogen-bond acceptors (Lipinski definition) is 4. The Morgan fingerprint density at radius 2 is 2.28 bits per heavy atom. The number of rotatable bonds is 5. The number of benzene rings is 1. The average molecular weight is 254 g/mol. The molecule has 0 spiro atoms. The summed E-state index contributed by atoms with van der Waals surface area (Å²) in [5.74, 6) is -0.297. The number of ether oxygens (including phenoxy) is 2. The van der Waals surface area contributed by atoms with Crippen LogP contribution in [0.25, 0.3) is 0 Å². The molecule has 1 saturated heterocycles. The third-order valence-electron chi connectivity index (χ3n) is 2.98. The topological polar surface area (TPSA) is 58.9 Å². The van der Waals surface area contributed by atoms with E-state index in [0.29, 0.717) is 12.4 Å². The molecule has 1 aliphatic heterocycles. The van der Waals surface area contributed by atoms with E-state index in [9.17, 15) is 4.39 Å². The summed E-state index contributed by atoms with van der Waals surface area (Å²) in [5.41, 5.74) is -0.151. The van der Waals surface area contributed by atoms with Gasteiger partial charge in [0.05, 0.1) is 12.7 Å². The Bertz CT molecular complexity index is 394. The molecule has 2 rings (SSSR count). The zero-order valence-corrected chi connectivity index (χ0v) is 10.0. The Morgan fingerprint density at radius 1 is 1.44 bits per heavy atom. The van der Waals surface area contributed by atoms with Crippen molar-refractivity contribution >= 4 is 12.6 Å². The van der Waals surface area contributed by atoms with Crippen molar-refractivity contribution in [3.8, 4) is 5.75 Å². The monoisotopic (exact) mass is 254 g/mol. The lowest BCUT2D eigenvalue weighted by atomic mass is 9.80. The van der Waals surface area contributed by atoms with Crippen molar-refractivity contribution in [1.82, 2.24) is 0 Å². The maximum absolute atomic E-state index is 13.4. The standard InChI is InChI=1S/C12H16BFO4/c14-12-8-10(3-4-11(12)13(15)16)18-7-5-9-2-1-6-17-9/h3-4,8-9,15-16H,1-2,5-7H2. The zero-order chi connectivity index (χ0) is 13.0. The average Bonchev–Trinajstić information content (AvgIpc) is 2.81. The predicted octanol–water partition coefficient (Wildman–Crippen LogP) is 0.453. The van der Waals surface area contributed by atoms with E-state index in [1.54, 1.807) is 0 Å². The van der Waals surface area contributed by atoms with Crippen LogP contribution in [-0.4, -0.2) is 36.5 Å². The molecule has 1 unspecified atom stereocenters. The summed E-state index contributed by atoms with van der Waals surface area (Å²) in [4.78, 5) is 0. The minimum atomic E-state index is -1.80. The Labute approximate surface area is 105 Å². The maximum Gasteiger partial charge on any atom is 0.491 e. The van der Waals surface area contributed by atoms with E-state index in [2.05, 4.69) is 0 Å². The molecule has 0 aromatic heterocycles. The van der Waals surface area contributed by atoms with Crippen LogP contribution in [0.3, 0.4) is 0 Å². The van der Waals surface area contributed by atoms with E-state index in [1.165, 1.54) is 12.1 Å². The number of hydrogen-bond donors (Lipinski definition) is 2. The highest BCUT2D eigenvalue weighted by atomic mass is 19.1. The lowest BCUT2D eigenvalue weighted by molar-refractivity contribution is 0.0903. The van der Waals surface area contributed by atoms with Crippen molar-refractivity contribution in [2.45, 2.75) is 25.4 Å². The normalized spacial score (nSPS) is 18.9. The van der Waals surface area contributed by atoms with Gasteiger partial charge in [-0.25, -0.2) is 4.39 Å². The Hall–Kier alpha value is -1.11. The first-order chi connectivity index (χ1) is 8.66. The molecule has 1 aromatic carbocycles. The van der Waals surface area contributed by atoms with Gasteiger partial charge in [-0.2, -0.15) is 0 Å². The van der Waals surface area contributed by atoms with E-state index in [0.717, 1.165) is 31.9 Å². The van der Waals surface area contributed by atoms with Gasteiger partial charge < -0.3 is 19.5 Å². The van der Waals surface area contributed by atoms with E-state index in [1.807, 2.05) is 0 Å². The summed E-state index contributed by atoms with van der Waals surface area (Å²) in [6, 6.07) is 3.99. The highest BCUT2D eigenvalue weighted by Gasteiger charge is 2.17. The molecule has 1 aliphatic rings. The lowest BCUT2D eigenvalue weighted by Crippen LogP contribution is -2.32. The first-order valence-electron chi connectivity index (χ1n) is 6.07. The van der Waals surface area contributed by atoms with Crippen LogP contribution in [0.2, 0.25) is 0 Å². The van der Waals surface area contributed by atoms with Crippen molar-refractivity contribution in [1.29, 1.82) is 0 Å². The molecule has 6 heteroatoms. The van der Waals surface area contributed by atoms with Crippen LogP contribution in [0, 0.1) is 5.82 Å². The molecule has 1 aromatic rings. The highest BCUT2D eigenvalue weighted by Crippen LogP contribution is 2.17. The van der Waals surface area contributed by atoms with Crippen molar-refractivity contribution in [2.24, 2.45) is 0 Å². The largest absolute Gasteiger partial charge is 0.493 e. The van der Waals surface area contributed by atoms with Crippen molar-refractivity contribution in [2.75, 3.05) is 13.2 Å². The molecule has 0 saturated carbocycles. The molecular formula is C12H16BFO4. The van der Waals surface area contributed by atoms with Crippen LogP contribution in [0.4, 0.5) is 4.39 Å². The first-order valence-corrected chi connectivity index (χ1v) is 6.07. The zero-order valence-electron chi connectivity index (χ0n) is 10.0. The molecule has 1 fully saturated rings. The van der Waals surface area contributed by atoms with Gasteiger partial charge in [0.25, 0.3) is 0 Å². The van der Waals surface area contributed by atoms with Gasteiger partial charge >= 0.3 is 7.12 Å². The van der Waals surface area contributed by atoms with E-state index in [-0.39, 0.29) is 11.6 Å². The SMILES string of the molecule is OB(O)c1ccc(OCCC2CCCO2)cc1F. The van der Waals surface area contributed by atoms with E-state index in [4.69, 9.17) is 19.5 Å². The molecule has 98 valence electrons. The molecule has 4 nitrogen and oxygen atoms in total. The van der Waals surface area contributed by atoms with Gasteiger partial charge in [-0.1, -0.05) is 6.07 Å². The summed E-state index contributed by atoms with van der Waals surface area (Å²) in [6.45, 7) is 1.27. The van der Waals surface area contributed by atoms with Gasteiger partial charge in [0.15, 0.2) is 0 Å². The van der Waals surface area contributed by atoms with E-state index >= 15 is 0 Å². The maximum atomic E-state index is 13.4. The Morgan fingerprint density at radius 3 is 2.89 bits per heavy atom. The van der Waals surface area contributed by atoms with Crippen LogP contribution in [0.1, 0.15) is 19.3 Å². The summed E-state index contributed by atoms with van der Waals surface area (Å²) in [6.07, 6.45) is 3.16. The van der Waals surface area contributed by atoms with Gasteiger partial charge in [-0.15, -0.1) is 0 Å². The third kappa shape index (κ3) is 3.44. The Balaban J connectivity index is 1.84. The van der Waals surface area contributed by atoms with Gasteiger partial charge in [-0.3, -0.25) is 0 Å². The molecule has 2 N–H and O–H groups in total. The summed E-state index contributed by atoms with van der Waals surface area (Å²) in [5, 5.41) is 17.7. The lowest BCUT2D eigenvalue weighted by Gasteiger charge is -2.11. The minimum Gasteiger partial charge on any atom is -0.493 e. The van der Waals surface area contributed by atoms with Crippen molar-refractivity contribution < 1.29 is 23.9 Å². The smallest absolute Gasteiger partial charge is 0.491 e. The van der Waals surface area contributed by atoms with Crippen LogP contribution in [0.15, 0.2) is 18.2 Å². The Kier molecular flexibility index (Phi) is 4.57. The fourth-order valence-corrected chi connectivity index (χ4v) is 1.99. The summed E-state index contributed by atoms with van der Waals surface area (Å²) in [7, 11) is -1.80. The second-order valence-electron chi connectivity index (χ2n) is 4.33. The molecule has 1 atom stereocenters. The second kappa shape index (κ2) is 6.18. The van der Waals surface area contributed by atoms with Gasteiger partial charge in [0, 0.05) is 24.6 Å². The molecule has 0 aliphatic carbocycles. The molecule has 0 bridgehead atoms. The molecular weight excluding hydrogens is 238 g/mol. The molecule has 18 heavy (non-hydrogen) atoms. The predicted molar refractivity (Wildman–Crippen MR) is 65.3 cm³/mol. The van der Waals surface area contributed by atoms with Crippen molar-refractivity contribution in [3.05, 3.63) is 24.0 Å². The van der Waals surface area contributed by atoms with Crippen LogP contribution < -0.4 is 10.2 Å². The van der Waals surface area contributed by atoms with Gasteiger partial charge in [0.1, 0.15) is 11.6 Å². The van der Waals surface area contributed by atoms with Crippen LogP contribution in [-0.2, 0) is 4.74 Å². The number of halogens is 1. The summed E-state index contributed by atoms with van der Waals surface area (Å²) >= 11 is 0. The van der Waals surface area contributed by atoms with Gasteiger partial charge in [-0.05, 0) is 18.9 Å². The highest BCUT2D eigenvalue weighted by molar-refractivity contribution is 6.58.